The number of pyridine rings is 1. The van der Waals surface area contributed by atoms with Gasteiger partial charge in [0, 0.05) is 31.8 Å². The van der Waals surface area contributed by atoms with Crippen LogP contribution >= 0.6 is 0 Å². The number of nitrogens with one attached hydrogen (secondary N) is 1. The Morgan fingerprint density at radius 1 is 1.31 bits per heavy atom. The topological polar surface area (TPSA) is 90.0 Å². The first-order chi connectivity index (χ1) is 12.5. The molecule has 1 aliphatic carbocycles. The molecule has 3 aromatic rings. The molecule has 0 unspecified atom stereocenters. The van der Waals surface area contributed by atoms with Gasteiger partial charge in [-0.2, -0.15) is 4.98 Å². The average molecular weight is 350 g/mol. The molecule has 1 amide bonds. The number of fused-ring (bicyclic) bond motifs is 1. The standard InChI is InChI=1S/C19H18N4O3/c1-11-20-18(22-26-11)13-3-6-15-12(9-13)4-7-16(15)21-19(25)14-5-8-17(24)23(2)10-14/h3,5-6,8-10,16H,4,7H2,1-2H3,(H,21,25)/t16-/m1/s1. The molecule has 7 heteroatoms. The molecule has 4 rings (SSSR count). The summed E-state index contributed by atoms with van der Waals surface area (Å²) in [5.74, 6) is 0.919. The molecule has 0 spiro atoms. The number of aryl methyl sites for hydroxylation is 3. The van der Waals surface area contributed by atoms with E-state index in [1.54, 1.807) is 26.2 Å². The van der Waals surface area contributed by atoms with Crippen LogP contribution in [0, 0.1) is 6.92 Å². The maximum Gasteiger partial charge on any atom is 0.253 e. The van der Waals surface area contributed by atoms with Crippen molar-refractivity contribution in [2.45, 2.75) is 25.8 Å². The predicted molar refractivity (Wildman–Crippen MR) is 94.7 cm³/mol. The number of benzene rings is 1. The second-order valence-electron chi connectivity index (χ2n) is 6.48. The Bertz CT molecular complexity index is 1050. The van der Waals surface area contributed by atoms with Gasteiger partial charge in [-0.1, -0.05) is 17.3 Å². The van der Waals surface area contributed by atoms with Crippen LogP contribution in [0.4, 0.5) is 0 Å². The summed E-state index contributed by atoms with van der Waals surface area (Å²) in [6.07, 6.45) is 3.26. The number of hydrogen-bond donors (Lipinski definition) is 1. The minimum absolute atomic E-state index is 0.0456. The number of nitrogens with zero attached hydrogens (tertiary/aromatic N) is 3. The van der Waals surface area contributed by atoms with Crippen molar-refractivity contribution in [3.63, 3.8) is 0 Å². The van der Waals surface area contributed by atoms with Crippen molar-refractivity contribution in [3.05, 3.63) is 69.5 Å². The second kappa shape index (κ2) is 6.25. The Morgan fingerprint density at radius 3 is 2.88 bits per heavy atom. The summed E-state index contributed by atoms with van der Waals surface area (Å²) in [6, 6.07) is 8.91. The Hall–Kier alpha value is -3.22. The van der Waals surface area contributed by atoms with Crippen LogP contribution in [0.5, 0.6) is 0 Å². The molecule has 0 aliphatic heterocycles. The Labute approximate surface area is 149 Å². The minimum Gasteiger partial charge on any atom is -0.345 e. The van der Waals surface area contributed by atoms with E-state index in [4.69, 9.17) is 4.52 Å². The van der Waals surface area contributed by atoms with Gasteiger partial charge in [-0.05, 0) is 36.1 Å². The fourth-order valence-electron chi connectivity index (χ4n) is 3.29. The van der Waals surface area contributed by atoms with Crippen LogP contribution in [0.3, 0.4) is 0 Å². The normalized spacial score (nSPS) is 15.7. The SMILES string of the molecule is Cc1nc(-c2ccc3c(c2)CC[C@H]3NC(=O)c2ccc(=O)n(C)c2)no1. The van der Waals surface area contributed by atoms with Crippen molar-refractivity contribution in [2.75, 3.05) is 0 Å². The van der Waals surface area contributed by atoms with E-state index in [-0.39, 0.29) is 17.5 Å². The van der Waals surface area contributed by atoms with Gasteiger partial charge in [0.25, 0.3) is 5.91 Å². The van der Waals surface area contributed by atoms with Crippen LogP contribution in [-0.4, -0.2) is 20.6 Å². The molecule has 132 valence electrons. The van der Waals surface area contributed by atoms with Crippen LogP contribution in [0.2, 0.25) is 0 Å². The lowest BCUT2D eigenvalue weighted by Crippen LogP contribution is -2.28. The van der Waals surface area contributed by atoms with Gasteiger partial charge < -0.3 is 14.4 Å². The molecule has 0 bridgehead atoms. The summed E-state index contributed by atoms with van der Waals surface area (Å²) in [4.78, 5) is 28.2. The molecule has 7 nitrogen and oxygen atoms in total. The van der Waals surface area contributed by atoms with Gasteiger partial charge >= 0.3 is 0 Å². The van der Waals surface area contributed by atoms with Crippen LogP contribution in [0.15, 0.2) is 45.8 Å². The van der Waals surface area contributed by atoms with E-state index < -0.39 is 0 Å². The molecule has 1 atom stereocenters. The zero-order chi connectivity index (χ0) is 18.3. The number of rotatable bonds is 3. The smallest absolute Gasteiger partial charge is 0.253 e. The van der Waals surface area contributed by atoms with E-state index >= 15 is 0 Å². The third kappa shape index (κ3) is 2.92. The van der Waals surface area contributed by atoms with Crippen molar-refractivity contribution in [2.24, 2.45) is 7.05 Å². The molecule has 26 heavy (non-hydrogen) atoms. The Kier molecular flexibility index (Phi) is 3.91. The first kappa shape index (κ1) is 16.3. The summed E-state index contributed by atoms with van der Waals surface area (Å²) < 4.78 is 6.44. The van der Waals surface area contributed by atoms with Gasteiger partial charge in [-0.25, -0.2) is 0 Å². The monoisotopic (exact) mass is 350 g/mol. The minimum atomic E-state index is -0.184. The number of carbonyl (C=O) groups excluding carboxylic acids is 1. The van der Waals surface area contributed by atoms with E-state index in [2.05, 4.69) is 21.5 Å². The molecule has 2 heterocycles. The zero-order valence-corrected chi connectivity index (χ0v) is 14.5. The summed E-state index contributed by atoms with van der Waals surface area (Å²) >= 11 is 0. The highest BCUT2D eigenvalue weighted by molar-refractivity contribution is 5.94. The van der Waals surface area contributed by atoms with Gasteiger partial charge in [0.15, 0.2) is 0 Å². The average Bonchev–Trinajstić information content (AvgIpc) is 3.23. The van der Waals surface area contributed by atoms with Crippen LogP contribution in [-0.2, 0) is 13.5 Å². The van der Waals surface area contributed by atoms with Gasteiger partial charge in [-0.15, -0.1) is 0 Å². The van der Waals surface area contributed by atoms with Gasteiger partial charge in [-0.3, -0.25) is 9.59 Å². The van der Waals surface area contributed by atoms with Crippen molar-refractivity contribution in [3.8, 4) is 11.4 Å². The molecule has 1 N–H and O–H groups in total. The van der Waals surface area contributed by atoms with E-state index in [1.807, 2.05) is 12.1 Å². The van der Waals surface area contributed by atoms with E-state index in [0.29, 0.717) is 17.3 Å². The van der Waals surface area contributed by atoms with Crippen molar-refractivity contribution < 1.29 is 9.32 Å². The van der Waals surface area contributed by atoms with Crippen molar-refractivity contribution in [1.29, 1.82) is 0 Å². The molecular formula is C19H18N4O3. The lowest BCUT2D eigenvalue weighted by atomic mass is 10.0. The van der Waals surface area contributed by atoms with Crippen molar-refractivity contribution in [1.82, 2.24) is 20.0 Å². The molecule has 1 aromatic carbocycles. The zero-order valence-electron chi connectivity index (χ0n) is 14.5. The highest BCUT2D eigenvalue weighted by atomic mass is 16.5. The highest BCUT2D eigenvalue weighted by Gasteiger charge is 2.25. The third-order valence-corrected chi connectivity index (χ3v) is 4.66. The van der Waals surface area contributed by atoms with Gasteiger partial charge in [0.2, 0.25) is 17.3 Å². The van der Waals surface area contributed by atoms with Gasteiger partial charge in [0.05, 0.1) is 11.6 Å². The summed E-state index contributed by atoms with van der Waals surface area (Å²) in [6.45, 7) is 1.76. The van der Waals surface area contributed by atoms with Crippen LogP contribution < -0.4 is 10.9 Å². The molecule has 0 radical (unpaired) electrons. The molecule has 2 aromatic heterocycles. The highest BCUT2D eigenvalue weighted by Crippen LogP contribution is 2.33. The lowest BCUT2D eigenvalue weighted by molar-refractivity contribution is 0.0936. The fraction of sp³-hybridized carbons (Fsp3) is 0.263. The summed E-state index contributed by atoms with van der Waals surface area (Å²) in [7, 11) is 1.63. The largest absolute Gasteiger partial charge is 0.345 e. The number of aromatic nitrogens is 3. The van der Waals surface area contributed by atoms with Crippen LogP contribution in [0.1, 0.15) is 39.8 Å². The first-order valence-electron chi connectivity index (χ1n) is 8.42. The molecule has 0 saturated heterocycles. The van der Waals surface area contributed by atoms with Gasteiger partial charge in [0.1, 0.15) is 0 Å². The molecular weight excluding hydrogens is 332 g/mol. The first-order valence-corrected chi connectivity index (χ1v) is 8.42. The number of amides is 1. The molecule has 0 fully saturated rings. The van der Waals surface area contributed by atoms with E-state index in [0.717, 1.165) is 24.0 Å². The van der Waals surface area contributed by atoms with Crippen LogP contribution in [0.25, 0.3) is 11.4 Å². The molecule has 0 saturated carbocycles. The quantitative estimate of drug-likeness (QED) is 0.782. The lowest BCUT2D eigenvalue weighted by Gasteiger charge is -2.14. The van der Waals surface area contributed by atoms with E-state index in [9.17, 15) is 9.59 Å². The Morgan fingerprint density at radius 2 is 2.15 bits per heavy atom. The predicted octanol–water partition coefficient (Wildman–Crippen LogP) is 2.16. The summed E-state index contributed by atoms with van der Waals surface area (Å²) in [5.41, 5.74) is 3.52. The summed E-state index contributed by atoms with van der Waals surface area (Å²) in [5, 5.41) is 7.01. The van der Waals surface area contributed by atoms with Crippen molar-refractivity contribution >= 4 is 5.91 Å². The number of carbonyl (C=O) groups is 1. The Balaban J connectivity index is 1.55. The molecule has 1 aliphatic rings. The number of hydrogen-bond acceptors (Lipinski definition) is 5. The maximum atomic E-state index is 12.5. The second-order valence-corrected chi connectivity index (χ2v) is 6.48. The maximum absolute atomic E-state index is 12.5. The van der Waals surface area contributed by atoms with E-state index in [1.165, 1.54) is 16.2 Å². The fourth-order valence-corrected chi connectivity index (χ4v) is 3.29. The third-order valence-electron chi connectivity index (χ3n) is 4.66.